The minimum absolute atomic E-state index is 0.317. The molecule has 2 fully saturated rings. The average Bonchev–Trinajstić information content (AvgIpc) is 2.70. The molecule has 0 aromatic heterocycles. The summed E-state index contributed by atoms with van der Waals surface area (Å²) in [5.74, 6) is 1.64. The van der Waals surface area contributed by atoms with Gasteiger partial charge in [0.1, 0.15) is 5.84 Å². The Morgan fingerprint density at radius 1 is 1.35 bits per heavy atom. The third-order valence-electron chi connectivity index (χ3n) is 4.29. The number of fused-ring (bicyclic) bond motifs is 2. The standard InChI is InChI=1S/C14H26N6/c1-5-19(17-4)14(18-10(2)16-3)20-12-6-7-13(20)9-11(15)8-12/h11-13H,4-9,15H2,1-3H3/b16-10-,18-14+/t11?,12-,13?/m0/s1. The molecule has 2 rings (SSSR count). The quantitative estimate of drug-likeness (QED) is 0.470. The number of nitrogens with two attached hydrogens (primary N) is 1. The monoisotopic (exact) mass is 278 g/mol. The molecule has 2 aliphatic rings. The van der Waals surface area contributed by atoms with Crippen LogP contribution in [-0.2, 0) is 0 Å². The molecule has 0 amide bonds. The predicted molar refractivity (Wildman–Crippen MR) is 84.3 cm³/mol. The fourth-order valence-electron chi connectivity index (χ4n) is 3.29. The van der Waals surface area contributed by atoms with Gasteiger partial charge >= 0.3 is 0 Å². The fourth-order valence-corrected chi connectivity index (χ4v) is 3.29. The van der Waals surface area contributed by atoms with Crippen LogP contribution in [0.1, 0.15) is 39.5 Å². The number of amidine groups is 1. The smallest absolute Gasteiger partial charge is 0.224 e. The Labute approximate surface area is 121 Å². The van der Waals surface area contributed by atoms with Crippen LogP contribution < -0.4 is 5.73 Å². The van der Waals surface area contributed by atoms with Crippen LogP contribution in [0.25, 0.3) is 0 Å². The lowest BCUT2D eigenvalue weighted by Crippen LogP contribution is -2.54. The molecular formula is C14H26N6. The molecule has 0 spiro atoms. The van der Waals surface area contributed by atoms with Gasteiger partial charge in [0.05, 0.1) is 0 Å². The second-order valence-corrected chi connectivity index (χ2v) is 5.56. The number of hydrogen-bond donors (Lipinski definition) is 1. The number of guanidine groups is 1. The van der Waals surface area contributed by atoms with Crippen LogP contribution in [-0.4, -0.2) is 60.1 Å². The Bertz CT molecular complexity index is 402. The van der Waals surface area contributed by atoms with Crippen molar-refractivity contribution in [1.29, 1.82) is 0 Å². The van der Waals surface area contributed by atoms with Gasteiger partial charge in [-0.25, -0.2) is 5.01 Å². The number of nitrogens with zero attached hydrogens (tertiary/aromatic N) is 5. The number of hydrogen-bond acceptors (Lipinski definition) is 3. The highest BCUT2D eigenvalue weighted by atomic mass is 15.6. The molecule has 2 unspecified atom stereocenters. The Kier molecular flexibility index (Phi) is 4.75. The maximum atomic E-state index is 6.15. The van der Waals surface area contributed by atoms with Gasteiger partial charge < -0.3 is 10.6 Å². The lowest BCUT2D eigenvalue weighted by molar-refractivity contribution is 0.189. The van der Waals surface area contributed by atoms with Crippen molar-refractivity contribution in [3.8, 4) is 0 Å². The zero-order valence-corrected chi connectivity index (χ0v) is 12.8. The van der Waals surface area contributed by atoms with Gasteiger partial charge in [0.25, 0.3) is 0 Å². The minimum atomic E-state index is 0.317. The van der Waals surface area contributed by atoms with Crippen molar-refractivity contribution in [1.82, 2.24) is 9.91 Å². The molecule has 0 saturated carbocycles. The first-order valence-corrected chi connectivity index (χ1v) is 7.40. The zero-order valence-electron chi connectivity index (χ0n) is 12.8. The minimum Gasteiger partial charge on any atom is -0.335 e. The van der Waals surface area contributed by atoms with Crippen LogP contribution in [0.5, 0.6) is 0 Å². The molecule has 3 atom stereocenters. The molecule has 20 heavy (non-hydrogen) atoms. The van der Waals surface area contributed by atoms with Crippen LogP contribution >= 0.6 is 0 Å². The fraction of sp³-hybridized carbons (Fsp3) is 0.786. The molecule has 2 bridgehead atoms. The van der Waals surface area contributed by atoms with Crippen molar-refractivity contribution in [2.24, 2.45) is 20.8 Å². The van der Waals surface area contributed by atoms with E-state index in [1.807, 2.05) is 11.9 Å². The van der Waals surface area contributed by atoms with Crippen LogP contribution in [0.3, 0.4) is 0 Å². The highest BCUT2D eigenvalue weighted by Crippen LogP contribution is 2.36. The van der Waals surface area contributed by atoms with Crippen LogP contribution in [0.15, 0.2) is 15.1 Å². The first-order chi connectivity index (χ1) is 9.60. The summed E-state index contributed by atoms with van der Waals surface area (Å²) < 4.78 is 0. The molecule has 0 aliphatic carbocycles. The second kappa shape index (κ2) is 6.35. The topological polar surface area (TPSA) is 69.6 Å². The van der Waals surface area contributed by atoms with Gasteiger partial charge in [0, 0.05) is 38.4 Å². The highest BCUT2D eigenvalue weighted by molar-refractivity contribution is 5.95. The van der Waals surface area contributed by atoms with Crippen molar-refractivity contribution in [2.45, 2.75) is 57.7 Å². The van der Waals surface area contributed by atoms with E-state index in [1.165, 1.54) is 12.8 Å². The Balaban J connectivity index is 2.32. The molecule has 112 valence electrons. The van der Waals surface area contributed by atoms with Gasteiger partial charge in [-0.2, -0.15) is 10.1 Å². The average molecular weight is 278 g/mol. The molecule has 0 aromatic rings. The van der Waals surface area contributed by atoms with E-state index in [-0.39, 0.29) is 0 Å². The van der Waals surface area contributed by atoms with E-state index in [2.05, 4.69) is 33.6 Å². The molecule has 2 N–H and O–H groups in total. The number of rotatable bonds is 2. The summed E-state index contributed by atoms with van der Waals surface area (Å²) in [6.07, 6.45) is 4.45. The SMILES string of the molecule is C=NN(CC)/C(=N\C(C)=N/C)N1C2CC[C@H]1CC(N)C2. The summed E-state index contributed by atoms with van der Waals surface area (Å²) >= 11 is 0. The number of aliphatic imine (C=N–C) groups is 2. The Morgan fingerprint density at radius 3 is 2.40 bits per heavy atom. The van der Waals surface area contributed by atoms with Gasteiger partial charge in [0.15, 0.2) is 0 Å². The largest absolute Gasteiger partial charge is 0.335 e. The third kappa shape index (κ3) is 2.85. The lowest BCUT2D eigenvalue weighted by atomic mass is 9.98. The normalized spacial score (nSPS) is 30.6. The first-order valence-electron chi connectivity index (χ1n) is 7.40. The summed E-state index contributed by atoms with van der Waals surface area (Å²) in [5, 5.41) is 5.97. The van der Waals surface area contributed by atoms with Crippen LogP contribution in [0.4, 0.5) is 0 Å². The molecule has 6 heteroatoms. The first kappa shape index (κ1) is 15.0. The lowest BCUT2D eigenvalue weighted by Gasteiger charge is -2.41. The third-order valence-corrected chi connectivity index (χ3v) is 4.29. The molecule has 6 nitrogen and oxygen atoms in total. The van der Waals surface area contributed by atoms with Crippen molar-refractivity contribution in [3.63, 3.8) is 0 Å². The summed E-state index contributed by atoms with van der Waals surface area (Å²) in [6, 6.07) is 1.27. The van der Waals surface area contributed by atoms with E-state index in [4.69, 9.17) is 5.73 Å². The summed E-state index contributed by atoms with van der Waals surface area (Å²) in [5.41, 5.74) is 6.15. The van der Waals surface area contributed by atoms with E-state index in [9.17, 15) is 0 Å². The van der Waals surface area contributed by atoms with E-state index in [1.54, 1.807) is 7.05 Å². The Morgan fingerprint density at radius 2 is 1.95 bits per heavy atom. The van der Waals surface area contributed by atoms with E-state index >= 15 is 0 Å². The van der Waals surface area contributed by atoms with E-state index in [0.29, 0.717) is 18.1 Å². The number of piperidine rings is 1. The maximum absolute atomic E-state index is 6.15. The molecule has 2 heterocycles. The predicted octanol–water partition coefficient (Wildman–Crippen LogP) is 1.28. The van der Waals surface area contributed by atoms with E-state index in [0.717, 1.165) is 31.2 Å². The van der Waals surface area contributed by atoms with Crippen molar-refractivity contribution in [2.75, 3.05) is 13.6 Å². The van der Waals surface area contributed by atoms with Crippen molar-refractivity contribution in [3.05, 3.63) is 0 Å². The van der Waals surface area contributed by atoms with Crippen LogP contribution in [0, 0.1) is 0 Å². The molecule has 2 aliphatic heterocycles. The van der Waals surface area contributed by atoms with Gasteiger partial charge in [-0.3, -0.25) is 4.99 Å². The van der Waals surface area contributed by atoms with Gasteiger partial charge in [0.2, 0.25) is 5.96 Å². The maximum Gasteiger partial charge on any atom is 0.224 e. The summed E-state index contributed by atoms with van der Waals surface area (Å²) in [7, 11) is 1.76. The highest BCUT2D eigenvalue weighted by Gasteiger charge is 2.42. The summed E-state index contributed by atoms with van der Waals surface area (Å²) in [4.78, 5) is 11.2. The van der Waals surface area contributed by atoms with Crippen molar-refractivity contribution >= 4 is 18.5 Å². The number of hydrazone groups is 1. The summed E-state index contributed by atoms with van der Waals surface area (Å²) in [6.45, 7) is 8.39. The Hall–Kier alpha value is -1.43. The second-order valence-electron chi connectivity index (χ2n) is 5.56. The van der Waals surface area contributed by atoms with Crippen LogP contribution in [0.2, 0.25) is 0 Å². The van der Waals surface area contributed by atoms with Gasteiger partial charge in [-0.1, -0.05) is 0 Å². The van der Waals surface area contributed by atoms with Gasteiger partial charge in [-0.15, -0.1) is 0 Å². The van der Waals surface area contributed by atoms with Crippen molar-refractivity contribution < 1.29 is 0 Å². The van der Waals surface area contributed by atoms with E-state index < -0.39 is 0 Å². The van der Waals surface area contributed by atoms with Gasteiger partial charge in [-0.05, 0) is 39.5 Å². The molecular weight excluding hydrogens is 252 g/mol. The zero-order chi connectivity index (χ0) is 14.7. The molecule has 0 radical (unpaired) electrons. The molecule has 2 saturated heterocycles. The molecule has 0 aromatic carbocycles.